The van der Waals surface area contributed by atoms with Crippen molar-refractivity contribution in [2.45, 2.75) is 26.2 Å². The quantitative estimate of drug-likeness (QED) is 0.825. The predicted octanol–water partition coefficient (Wildman–Crippen LogP) is 3.37. The van der Waals surface area contributed by atoms with Crippen molar-refractivity contribution in [3.05, 3.63) is 34.5 Å². The van der Waals surface area contributed by atoms with E-state index in [2.05, 4.69) is 31.8 Å². The first-order valence-corrected chi connectivity index (χ1v) is 5.82. The van der Waals surface area contributed by atoms with Crippen molar-refractivity contribution < 1.29 is 0 Å². The molecule has 1 aromatic carbocycles. The summed E-state index contributed by atoms with van der Waals surface area (Å²) >= 11 is 5.98. The second-order valence-electron chi connectivity index (χ2n) is 4.90. The van der Waals surface area contributed by atoms with E-state index in [9.17, 15) is 0 Å². The maximum Gasteiger partial charge on any atom is 0.0474 e. The lowest BCUT2D eigenvalue weighted by molar-refractivity contribution is 0.540. The molecule has 3 N–H and O–H groups in total. The maximum atomic E-state index is 5.98. The van der Waals surface area contributed by atoms with Crippen molar-refractivity contribution in [2.24, 2.45) is 5.73 Å². The molecule has 0 saturated carbocycles. The number of nitrogens with one attached hydrogen (secondary N) is 1. The first-order valence-electron chi connectivity index (χ1n) is 5.44. The van der Waals surface area contributed by atoms with Gasteiger partial charge in [0.25, 0.3) is 0 Å². The Morgan fingerprint density at radius 1 is 1.38 bits per heavy atom. The molecule has 1 heterocycles. The zero-order valence-electron chi connectivity index (χ0n) is 9.89. The molecule has 0 unspecified atom stereocenters. The van der Waals surface area contributed by atoms with Crippen LogP contribution in [-0.4, -0.2) is 11.5 Å². The van der Waals surface area contributed by atoms with Gasteiger partial charge in [0.15, 0.2) is 0 Å². The highest BCUT2D eigenvalue weighted by Gasteiger charge is 2.24. The van der Waals surface area contributed by atoms with Gasteiger partial charge < -0.3 is 10.7 Å². The molecule has 3 heteroatoms. The minimum Gasteiger partial charge on any atom is -0.358 e. The molecule has 0 aliphatic rings. The van der Waals surface area contributed by atoms with Crippen LogP contribution in [0.1, 0.15) is 25.1 Å². The molecular weight excluding hydrogens is 220 g/mol. The average Bonchev–Trinajstić information content (AvgIpc) is 2.53. The number of aromatic nitrogens is 1. The lowest BCUT2D eigenvalue weighted by atomic mass is 9.83. The van der Waals surface area contributed by atoms with E-state index >= 15 is 0 Å². The van der Waals surface area contributed by atoms with Crippen molar-refractivity contribution in [1.82, 2.24) is 4.98 Å². The molecule has 0 saturated heterocycles. The molecular formula is C13H17ClN2. The minimum atomic E-state index is -0.0177. The molecule has 86 valence electrons. The number of benzene rings is 1. The molecule has 0 amide bonds. The summed E-state index contributed by atoms with van der Waals surface area (Å²) < 4.78 is 0. The fraction of sp³-hybridized carbons (Fsp3) is 0.385. The van der Waals surface area contributed by atoms with E-state index in [0.29, 0.717) is 6.54 Å². The van der Waals surface area contributed by atoms with Crippen LogP contribution < -0.4 is 5.73 Å². The van der Waals surface area contributed by atoms with E-state index < -0.39 is 0 Å². The Hall–Kier alpha value is -0.990. The Kier molecular flexibility index (Phi) is 2.72. The average molecular weight is 237 g/mol. The van der Waals surface area contributed by atoms with E-state index in [-0.39, 0.29) is 5.41 Å². The first kappa shape index (κ1) is 11.5. The third-order valence-corrected chi connectivity index (χ3v) is 3.37. The zero-order valence-corrected chi connectivity index (χ0v) is 10.7. The van der Waals surface area contributed by atoms with E-state index in [1.54, 1.807) is 0 Å². The van der Waals surface area contributed by atoms with Gasteiger partial charge >= 0.3 is 0 Å². The summed E-state index contributed by atoms with van der Waals surface area (Å²) in [7, 11) is 0. The highest BCUT2D eigenvalue weighted by atomic mass is 35.5. The van der Waals surface area contributed by atoms with Gasteiger partial charge in [0, 0.05) is 33.6 Å². The van der Waals surface area contributed by atoms with Crippen LogP contribution in [0.15, 0.2) is 18.2 Å². The predicted molar refractivity (Wildman–Crippen MR) is 70.1 cm³/mol. The Morgan fingerprint density at radius 2 is 2.06 bits per heavy atom. The smallest absolute Gasteiger partial charge is 0.0474 e. The van der Waals surface area contributed by atoms with Crippen molar-refractivity contribution >= 4 is 22.5 Å². The Balaban J connectivity index is 2.74. The van der Waals surface area contributed by atoms with Crippen molar-refractivity contribution in [3.8, 4) is 0 Å². The number of aromatic amines is 1. The third kappa shape index (κ3) is 1.72. The highest BCUT2D eigenvalue weighted by molar-refractivity contribution is 6.31. The van der Waals surface area contributed by atoms with Gasteiger partial charge in [-0.05, 0) is 24.6 Å². The summed E-state index contributed by atoms with van der Waals surface area (Å²) in [5, 5.41) is 1.98. The number of hydrogen-bond acceptors (Lipinski definition) is 1. The van der Waals surface area contributed by atoms with Gasteiger partial charge in [-0.3, -0.25) is 0 Å². The van der Waals surface area contributed by atoms with Crippen molar-refractivity contribution in [1.29, 1.82) is 0 Å². The molecule has 0 radical (unpaired) electrons. The minimum absolute atomic E-state index is 0.0177. The number of H-pyrrole nitrogens is 1. The molecule has 0 aliphatic heterocycles. The van der Waals surface area contributed by atoms with Crippen LogP contribution in [0.5, 0.6) is 0 Å². The van der Waals surface area contributed by atoms with E-state index in [4.69, 9.17) is 17.3 Å². The van der Waals surface area contributed by atoms with E-state index in [0.717, 1.165) is 10.5 Å². The monoisotopic (exact) mass is 236 g/mol. The molecule has 16 heavy (non-hydrogen) atoms. The van der Waals surface area contributed by atoms with Crippen LogP contribution in [0.3, 0.4) is 0 Å². The Morgan fingerprint density at radius 3 is 2.69 bits per heavy atom. The lowest BCUT2D eigenvalue weighted by Gasteiger charge is -2.23. The number of halogens is 1. The van der Waals surface area contributed by atoms with Crippen molar-refractivity contribution in [2.75, 3.05) is 6.54 Å². The Labute approximate surface area is 101 Å². The van der Waals surface area contributed by atoms with E-state index in [1.807, 2.05) is 12.1 Å². The summed E-state index contributed by atoms with van der Waals surface area (Å²) in [5.74, 6) is 0. The van der Waals surface area contributed by atoms with Crippen LogP contribution in [0.4, 0.5) is 0 Å². The molecule has 2 nitrogen and oxygen atoms in total. The lowest BCUT2D eigenvalue weighted by Crippen LogP contribution is -2.28. The fourth-order valence-electron chi connectivity index (χ4n) is 2.28. The highest BCUT2D eigenvalue weighted by Crippen LogP contribution is 2.33. The van der Waals surface area contributed by atoms with Crippen LogP contribution in [0.2, 0.25) is 5.02 Å². The van der Waals surface area contributed by atoms with Gasteiger partial charge in [0.2, 0.25) is 0 Å². The first-order chi connectivity index (χ1) is 7.45. The summed E-state index contributed by atoms with van der Waals surface area (Å²) in [6, 6.07) is 5.95. The molecule has 0 atom stereocenters. The zero-order chi connectivity index (χ0) is 11.9. The number of hydrogen-bond donors (Lipinski definition) is 2. The molecule has 2 rings (SSSR count). The number of nitrogens with two attached hydrogens (primary N) is 1. The van der Waals surface area contributed by atoms with Gasteiger partial charge in [-0.25, -0.2) is 0 Å². The summed E-state index contributed by atoms with van der Waals surface area (Å²) in [5.41, 5.74) is 9.38. The van der Waals surface area contributed by atoms with Gasteiger partial charge in [-0.1, -0.05) is 31.5 Å². The van der Waals surface area contributed by atoms with Crippen LogP contribution in [-0.2, 0) is 5.41 Å². The van der Waals surface area contributed by atoms with Gasteiger partial charge in [-0.2, -0.15) is 0 Å². The number of fused-ring (bicyclic) bond motifs is 1. The van der Waals surface area contributed by atoms with Crippen LogP contribution in [0, 0.1) is 6.92 Å². The normalized spacial score (nSPS) is 12.3. The summed E-state index contributed by atoms with van der Waals surface area (Å²) in [6.07, 6.45) is 0. The molecule has 1 aromatic heterocycles. The fourth-order valence-corrected chi connectivity index (χ4v) is 2.45. The number of aryl methyl sites for hydroxylation is 1. The Bertz CT molecular complexity index is 526. The number of rotatable bonds is 2. The second kappa shape index (κ2) is 3.79. The second-order valence-corrected chi connectivity index (χ2v) is 5.34. The molecule has 0 fully saturated rings. The van der Waals surface area contributed by atoms with Gasteiger partial charge in [0.1, 0.15) is 0 Å². The standard InChI is InChI=1S/C13H17ClN2/c1-8-12(13(2,3)7-15)10-5-4-9(14)6-11(10)16-8/h4-6,16H,7,15H2,1-3H3. The SMILES string of the molecule is Cc1[nH]c2cc(Cl)ccc2c1C(C)(C)CN. The molecule has 0 aliphatic carbocycles. The summed E-state index contributed by atoms with van der Waals surface area (Å²) in [6.45, 7) is 7.04. The molecule has 0 spiro atoms. The van der Waals surface area contributed by atoms with Gasteiger partial charge in [0.05, 0.1) is 0 Å². The maximum absolute atomic E-state index is 5.98. The largest absolute Gasteiger partial charge is 0.358 e. The third-order valence-electron chi connectivity index (χ3n) is 3.14. The molecule has 0 bridgehead atoms. The topological polar surface area (TPSA) is 41.8 Å². The van der Waals surface area contributed by atoms with E-state index in [1.165, 1.54) is 16.6 Å². The van der Waals surface area contributed by atoms with Crippen LogP contribution in [0.25, 0.3) is 10.9 Å². The summed E-state index contributed by atoms with van der Waals surface area (Å²) in [4.78, 5) is 3.37. The molecule has 2 aromatic rings. The van der Waals surface area contributed by atoms with Gasteiger partial charge in [-0.15, -0.1) is 0 Å². The van der Waals surface area contributed by atoms with Crippen LogP contribution >= 0.6 is 11.6 Å². The van der Waals surface area contributed by atoms with Crippen molar-refractivity contribution in [3.63, 3.8) is 0 Å².